The topological polar surface area (TPSA) is 99.0 Å². The summed E-state index contributed by atoms with van der Waals surface area (Å²) in [6.45, 7) is 1.65. The van der Waals surface area contributed by atoms with Crippen LogP contribution in [0.1, 0.15) is 5.82 Å². The molecule has 0 spiro atoms. The summed E-state index contributed by atoms with van der Waals surface area (Å²) in [5, 5.41) is 11.2. The SMILES string of the molecule is COc1c(Br)cc(Cl)cc1S(=O)(=O)Nc1cc(-n2nnnc2C)ccc1F. The van der Waals surface area contributed by atoms with Crippen LogP contribution in [0.2, 0.25) is 5.02 Å². The number of anilines is 1. The number of sulfonamides is 1. The van der Waals surface area contributed by atoms with E-state index in [9.17, 15) is 12.8 Å². The first kappa shape index (κ1) is 19.5. The molecule has 12 heteroatoms. The fraction of sp³-hybridized carbons (Fsp3) is 0.133. The minimum atomic E-state index is -4.21. The molecule has 0 aliphatic heterocycles. The van der Waals surface area contributed by atoms with Gasteiger partial charge in [-0.15, -0.1) is 5.10 Å². The highest BCUT2D eigenvalue weighted by Gasteiger charge is 2.24. The Kier molecular flexibility index (Phi) is 5.36. The summed E-state index contributed by atoms with van der Waals surface area (Å²) in [4.78, 5) is -0.243. The first-order valence-corrected chi connectivity index (χ1v) is 9.99. The number of aryl methyl sites for hydroxylation is 1. The van der Waals surface area contributed by atoms with Gasteiger partial charge in [-0.05, 0) is 63.6 Å². The molecule has 0 aliphatic carbocycles. The Hall–Kier alpha value is -2.24. The fourth-order valence-corrected chi connectivity index (χ4v) is 4.77. The lowest BCUT2D eigenvalue weighted by atomic mass is 10.2. The van der Waals surface area contributed by atoms with Gasteiger partial charge < -0.3 is 4.74 Å². The third-order valence-electron chi connectivity index (χ3n) is 3.53. The summed E-state index contributed by atoms with van der Waals surface area (Å²) < 4.78 is 48.9. The van der Waals surface area contributed by atoms with Gasteiger partial charge in [0.05, 0.1) is 23.0 Å². The maximum atomic E-state index is 14.2. The van der Waals surface area contributed by atoms with Gasteiger partial charge in [-0.1, -0.05) is 11.6 Å². The van der Waals surface area contributed by atoms with Crippen LogP contribution in [0.4, 0.5) is 10.1 Å². The summed E-state index contributed by atoms with van der Waals surface area (Å²) in [6.07, 6.45) is 0. The molecular weight excluding hydrogens is 465 g/mol. The molecule has 142 valence electrons. The number of nitrogens with one attached hydrogen (secondary N) is 1. The Morgan fingerprint density at radius 2 is 2.04 bits per heavy atom. The smallest absolute Gasteiger partial charge is 0.265 e. The average Bonchev–Trinajstić information content (AvgIpc) is 3.02. The quantitative estimate of drug-likeness (QED) is 0.606. The van der Waals surface area contributed by atoms with Crippen molar-refractivity contribution in [1.82, 2.24) is 20.2 Å². The Bertz CT molecular complexity index is 1120. The lowest BCUT2D eigenvalue weighted by Gasteiger charge is -2.14. The van der Waals surface area contributed by atoms with E-state index in [-0.39, 0.29) is 21.4 Å². The molecule has 3 rings (SSSR count). The summed E-state index contributed by atoms with van der Waals surface area (Å²) in [5.74, 6) is -0.274. The van der Waals surface area contributed by atoms with E-state index in [1.807, 2.05) is 0 Å². The average molecular weight is 477 g/mol. The number of nitrogens with zero attached hydrogens (tertiary/aromatic N) is 4. The minimum Gasteiger partial charge on any atom is -0.494 e. The molecule has 8 nitrogen and oxygen atoms in total. The van der Waals surface area contributed by atoms with Crippen molar-refractivity contribution in [1.29, 1.82) is 0 Å². The maximum Gasteiger partial charge on any atom is 0.265 e. The molecule has 27 heavy (non-hydrogen) atoms. The van der Waals surface area contributed by atoms with Crippen molar-refractivity contribution in [2.24, 2.45) is 0 Å². The molecule has 0 fully saturated rings. The highest BCUT2D eigenvalue weighted by atomic mass is 79.9. The first-order valence-electron chi connectivity index (χ1n) is 7.33. The van der Waals surface area contributed by atoms with Crippen LogP contribution in [0.25, 0.3) is 5.69 Å². The number of methoxy groups -OCH3 is 1. The van der Waals surface area contributed by atoms with Crippen LogP contribution < -0.4 is 9.46 Å². The van der Waals surface area contributed by atoms with Crippen LogP contribution in [0, 0.1) is 12.7 Å². The molecule has 0 amide bonds. The number of hydrogen-bond acceptors (Lipinski definition) is 6. The Labute approximate surface area is 167 Å². The third kappa shape index (κ3) is 3.89. The van der Waals surface area contributed by atoms with Gasteiger partial charge in [0, 0.05) is 5.02 Å². The van der Waals surface area contributed by atoms with Gasteiger partial charge in [0.2, 0.25) is 0 Å². The predicted molar refractivity (Wildman–Crippen MR) is 100 cm³/mol. The van der Waals surface area contributed by atoms with Gasteiger partial charge in [-0.25, -0.2) is 12.8 Å². The zero-order valence-corrected chi connectivity index (χ0v) is 17.1. The Morgan fingerprint density at radius 3 is 2.67 bits per heavy atom. The van der Waals surface area contributed by atoms with E-state index in [4.69, 9.17) is 16.3 Å². The molecular formula is C15H12BrClFN5O3S. The largest absolute Gasteiger partial charge is 0.494 e. The number of aromatic nitrogens is 4. The molecule has 0 saturated carbocycles. The number of rotatable bonds is 5. The highest BCUT2D eigenvalue weighted by Crippen LogP contribution is 2.36. The monoisotopic (exact) mass is 475 g/mol. The van der Waals surface area contributed by atoms with Gasteiger partial charge in [0.15, 0.2) is 11.6 Å². The van der Waals surface area contributed by atoms with Gasteiger partial charge in [0.1, 0.15) is 10.7 Å². The van der Waals surface area contributed by atoms with E-state index in [1.165, 1.54) is 36.1 Å². The van der Waals surface area contributed by atoms with Crippen LogP contribution in [-0.4, -0.2) is 35.7 Å². The number of ether oxygens (including phenoxy) is 1. The number of halogens is 3. The molecule has 1 heterocycles. The molecule has 1 N–H and O–H groups in total. The van der Waals surface area contributed by atoms with Gasteiger partial charge >= 0.3 is 0 Å². The second kappa shape index (κ2) is 7.41. The molecule has 0 atom stereocenters. The zero-order valence-electron chi connectivity index (χ0n) is 13.9. The molecule has 0 saturated heterocycles. The van der Waals surface area contributed by atoms with Gasteiger partial charge in [-0.3, -0.25) is 4.72 Å². The lowest BCUT2D eigenvalue weighted by Crippen LogP contribution is -2.16. The summed E-state index contributed by atoms with van der Waals surface area (Å²) in [7, 11) is -2.90. The second-order valence-electron chi connectivity index (χ2n) is 5.33. The molecule has 2 aromatic carbocycles. The zero-order chi connectivity index (χ0) is 19.8. The summed E-state index contributed by atoms with van der Waals surface area (Å²) in [6, 6.07) is 6.51. The van der Waals surface area contributed by atoms with Crippen molar-refractivity contribution in [2.45, 2.75) is 11.8 Å². The Morgan fingerprint density at radius 1 is 1.30 bits per heavy atom. The van der Waals surface area contributed by atoms with Crippen molar-refractivity contribution in [3.63, 3.8) is 0 Å². The van der Waals surface area contributed by atoms with Crippen LogP contribution in [0.3, 0.4) is 0 Å². The van der Waals surface area contributed by atoms with Crippen LogP contribution in [0.15, 0.2) is 39.7 Å². The van der Waals surface area contributed by atoms with E-state index >= 15 is 0 Å². The molecule has 0 radical (unpaired) electrons. The van der Waals surface area contributed by atoms with Crippen molar-refractivity contribution in [3.05, 3.63) is 51.5 Å². The van der Waals surface area contributed by atoms with Crippen molar-refractivity contribution < 1.29 is 17.5 Å². The summed E-state index contributed by atoms with van der Waals surface area (Å²) in [5.41, 5.74) is 0.108. The molecule has 0 unspecified atom stereocenters. The number of benzene rings is 2. The van der Waals surface area contributed by atoms with E-state index in [0.29, 0.717) is 16.0 Å². The fourth-order valence-electron chi connectivity index (χ4n) is 2.33. The molecule has 0 bridgehead atoms. The van der Waals surface area contributed by atoms with E-state index < -0.39 is 15.8 Å². The molecule has 3 aromatic rings. The van der Waals surface area contributed by atoms with Crippen LogP contribution >= 0.6 is 27.5 Å². The number of tetrazole rings is 1. The number of hydrogen-bond donors (Lipinski definition) is 1. The third-order valence-corrected chi connectivity index (χ3v) is 5.71. The normalized spacial score (nSPS) is 11.4. The molecule has 0 aliphatic rings. The van der Waals surface area contributed by atoms with E-state index in [1.54, 1.807) is 6.92 Å². The highest BCUT2D eigenvalue weighted by molar-refractivity contribution is 9.10. The van der Waals surface area contributed by atoms with E-state index in [0.717, 1.165) is 6.07 Å². The lowest BCUT2D eigenvalue weighted by molar-refractivity contribution is 0.400. The van der Waals surface area contributed by atoms with Crippen molar-refractivity contribution in [3.8, 4) is 11.4 Å². The minimum absolute atomic E-state index is 0.0415. The second-order valence-corrected chi connectivity index (χ2v) is 8.27. The Balaban J connectivity index is 2.06. The van der Waals surface area contributed by atoms with Crippen molar-refractivity contribution in [2.75, 3.05) is 11.8 Å². The maximum absolute atomic E-state index is 14.2. The van der Waals surface area contributed by atoms with E-state index in [2.05, 4.69) is 36.2 Å². The van der Waals surface area contributed by atoms with Crippen LogP contribution in [-0.2, 0) is 10.0 Å². The summed E-state index contributed by atoms with van der Waals surface area (Å²) >= 11 is 9.15. The predicted octanol–water partition coefficient (Wildman–Crippen LogP) is 3.34. The molecule has 1 aromatic heterocycles. The van der Waals surface area contributed by atoms with Crippen molar-refractivity contribution >= 4 is 43.2 Å². The van der Waals surface area contributed by atoms with Crippen LogP contribution in [0.5, 0.6) is 5.75 Å². The first-order chi connectivity index (χ1) is 12.7. The van der Waals surface area contributed by atoms with Gasteiger partial charge in [-0.2, -0.15) is 4.68 Å². The standard InChI is InChI=1S/C15H12BrClFN5O3S/c1-8-19-21-22-23(8)10-3-4-12(18)13(7-10)20-27(24,25)14-6-9(17)5-11(16)15(14)26-2/h3-7,20H,1-2H3. The van der Waals surface area contributed by atoms with Gasteiger partial charge in [0.25, 0.3) is 10.0 Å².